The fraction of sp³-hybridized carbons (Fsp3) is 0.176. The second-order valence-corrected chi connectivity index (χ2v) is 5.96. The number of fused-ring (bicyclic) bond motifs is 1. The molecule has 2 N–H and O–H groups in total. The first-order valence-electron chi connectivity index (χ1n) is 7.44. The summed E-state index contributed by atoms with van der Waals surface area (Å²) in [5.74, 6) is 1.83. The highest BCUT2D eigenvalue weighted by molar-refractivity contribution is 9.10. The molecular weight excluding hydrogens is 390 g/mol. The Morgan fingerprint density at radius 1 is 1.28 bits per heavy atom. The lowest BCUT2D eigenvalue weighted by Gasteiger charge is -2.06. The molecule has 7 nitrogen and oxygen atoms in total. The number of nitrogens with zero attached hydrogens (tertiary/aromatic N) is 1. The predicted octanol–water partition coefficient (Wildman–Crippen LogP) is 2.75. The molecular formula is C17H16BrN3O4. The number of rotatable bonds is 6. The molecule has 8 heteroatoms. The molecule has 0 aromatic heterocycles. The summed E-state index contributed by atoms with van der Waals surface area (Å²) in [5, 5.41) is 6.94. The minimum atomic E-state index is -0.263. The van der Waals surface area contributed by atoms with Gasteiger partial charge in [0.1, 0.15) is 5.75 Å². The van der Waals surface area contributed by atoms with Gasteiger partial charge in [0.25, 0.3) is 5.91 Å². The number of carbonyl (C=O) groups excluding carboxylic acids is 1. The van der Waals surface area contributed by atoms with Gasteiger partial charge in [0.2, 0.25) is 6.79 Å². The first-order chi connectivity index (χ1) is 12.2. The van der Waals surface area contributed by atoms with E-state index in [2.05, 4.69) is 31.8 Å². The van der Waals surface area contributed by atoms with Crippen molar-refractivity contribution >= 4 is 33.7 Å². The summed E-state index contributed by atoms with van der Waals surface area (Å²) in [6.07, 6.45) is 1.56. The third-order valence-corrected chi connectivity index (χ3v) is 4.02. The van der Waals surface area contributed by atoms with Crippen molar-refractivity contribution in [1.29, 1.82) is 0 Å². The van der Waals surface area contributed by atoms with Crippen LogP contribution < -0.4 is 25.0 Å². The Bertz CT molecular complexity index is 810. The highest BCUT2D eigenvalue weighted by Gasteiger charge is 2.13. The highest BCUT2D eigenvalue weighted by atomic mass is 79.9. The molecule has 0 atom stereocenters. The number of carbonyl (C=O) groups is 1. The molecule has 0 spiro atoms. The molecule has 0 fully saturated rings. The predicted molar refractivity (Wildman–Crippen MR) is 97.5 cm³/mol. The van der Waals surface area contributed by atoms with E-state index in [4.69, 9.17) is 14.2 Å². The number of methoxy groups -OCH3 is 1. The topological polar surface area (TPSA) is 81.2 Å². The van der Waals surface area contributed by atoms with Crippen LogP contribution in [0.2, 0.25) is 0 Å². The van der Waals surface area contributed by atoms with Crippen LogP contribution in [0.25, 0.3) is 0 Å². The number of amides is 1. The van der Waals surface area contributed by atoms with Crippen molar-refractivity contribution in [3.8, 4) is 17.2 Å². The van der Waals surface area contributed by atoms with Crippen LogP contribution in [0.15, 0.2) is 46.0 Å². The van der Waals surface area contributed by atoms with Gasteiger partial charge < -0.3 is 19.5 Å². The smallest absolute Gasteiger partial charge is 0.259 e. The van der Waals surface area contributed by atoms with Gasteiger partial charge >= 0.3 is 0 Å². The number of anilines is 1. The molecule has 1 amide bonds. The van der Waals surface area contributed by atoms with Crippen molar-refractivity contribution in [1.82, 2.24) is 5.43 Å². The average molecular weight is 406 g/mol. The molecule has 2 aromatic rings. The standard InChI is InChI=1S/C17H16BrN3O4/c1-23-14-4-2-11(6-13(14)18)8-20-21-17(22)9-19-12-3-5-15-16(7-12)25-10-24-15/h2-8,19H,9-10H2,1H3,(H,21,22)/b20-8+. The lowest BCUT2D eigenvalue weighted by atomic mass is 10.2. The zero-order valence-corrected chi connectivity index (χ0v) is 15.0. The largest absolute Gasteiger partial charge is 0.496 e. The maximum absolute atomic E-state index is 11.8. The number of benzene rings is 2. The van der Waals surface area contributed by atoms with Crippen LogP contribution >= 0.6 is 15.9 Å². The summed E-state index contributed by atoms with van der Waals surface area (Å²) in [5.41, 5.74) is 4.06. The molecule has 1 heterocycles. The van der Waals surface area contributed by atoms with Crippen molar-refractivity contribution in [3.05, 3.63) is 46.4 Å². The molecule has 0 unspecified atom stereocenters. The van der Waals surface area contributed by atoms with Gasteiger partial charge in [-0.05, 0) is 51.8 Å². The molecule has 0 saturated carbocycles. The van der Waals surface area contributed by atoms with E-state index in [0.29, 0.717) is 11.5 Å². The van der Waals surface area contributed by atoms with Crippen LogP contribution in [0.3, 0.4) is 0 Å². The van der Waals surface area contributed by atoms with Crippen LogP contribution in [0.1, 0.15) is 5.56 Å². The summed E-state index contributed by atoms with van der Waals surface area (Å²) in [4.78, 5) is 11.8. The Kier molecular flexibility index (Phi) is 5.39. The lowest BCUT2D eigenvalue weighted by molar-refractivity contribution is -0.119. The van der Waals surface area contributed by atoms with Gasteiger partial charge in [-0.1, -0.05) is 0 Å². The van der Waals surface area contributed by atoms with Gasteiger partial charge in [-0.3, -0.25) is 4.79 Å². The molecule has 1 aliphatic heterocycles. The van der Waals surface area contributed by atoms with Crippen molar-refractivity contribution < 1.29 is 19.0 Å². The van der Waals surface area contributed by atoms with E-state index >= 15 is 0 Å². The molecule has 3 rings (SSSR count). The molecule has 0 saturated heterocycles. The molecule has 1 aliphatic rings. The second-order valence-electron chi connectivity index (χ2n) is 5.11. The van der Waals surface area contributed by atoms with E-state index in [1.807, 2.05) is 24.3 Å². The van der Waals surface area contributed by atoms with Crippen LogP contribution in [0.4, 0.5) is 5.69 Å². The van der Waals surface area contributed by atoms with E-state index < -0.39 is 0 Å². The van der Waals surface area contributed by atoms with E-state index in [0.717, 1.165) is 21.5 Å². The number of hydrazone groups is 1. The summed E-state index contributed by atoms with van der Waals surface area (Å²) in [6.45, 7) is 0.304. The van der Waals surface area contributed by atoms with E-state index in [9.17, 15) is 4.79 Å². The summed E-state index contributed by atoms with van der Waals surface area (Å²) in [6, 6.07) is 10.9. The minimum Gasteiger partial charge on any atom is -0.496 e. The van der Waals surface area contributed by atoms with Gasteiger partial charge in [-0.25, -0.2) is 5.43 Å². The quantitative estimate of drug-likeness (QED) is 0.570. The fourth-order valence-corrected chi connectivity index (χ4v) is 2.73. The minimum absolute atomic E-state index is 0.0866. The van der Waals surface area contributed by atoms with Crippen LogP contribution in [-0.2, 0) is 4.79 Å². The first-order valence-corrected chi connectivity index (χ1v) is 8.24. The van der Waals surface area contributed by atoms with Gasteiger partial charge in [0.05, 0.1) is 24.3 Å². The maximum atomic E-state index is 11.8. The van der Waals surface area contributed by atoms with Crippen LogP contribution in [0, 0.1) is 0 Å². The van der Waals surface area contributed by atoms with Crippen molar-refractivity contribution in [2.24, 2.45) is 5.10 Å². The molecule has 25 heavy (non-hydrogen) atoms. The van der Waals surface area contributed by atoms with Crippen molar-refractivity contribution in [2.75, 3.05) is 25.8 Å². The van der Waals surface area contributed by atoms with E-state index in [1.165, 1.54) is 0 Å². The van der Waals surface area contributed by atoms with Crippen molar-refractivity contribution in [3.63, 3.8) is 0 Å². The Hall–Kier alpha value is -2.74. The molecule has 2 aromatic carbocycles. The zero-order valence-electron chi connectivity index (χ0n) is 13.4. The Morgan fingerprint density at radius 2 is 2.12 bits per heavy atom. The van der Waals surface area contributed by atoms with Gasteiger partial charge in [-0.15, -0.1) is 0 Å². The third kappa shape index (κ3) is 4.42. The van der Waals surface area contributed by atoms with E-state index in [1.54, 1.807) is 25.5 Å². The summed E-state index contributed by atoms with van der Waals surface area (Å²) >= 11 is 3.40. The molecule has 0 radical (unpaired) electrons. The summed E-state index contributed by atoms with van der Waals surface area (Å²) < 4.78 is 16.5. The average Bonchev–Trinajstić information content (AvgIpc) is 3.08. The highest BCUT2D eigenvalue weighted by Crippen LogP contribution is 2.34. The fourth-order valence-electron chi connectivity index (χ4n) is 2.17. The Balaban J connectivity index is 1.48. The molecule has 130 valence electrons. The molecule has 0 bridgehead atoms. The lowest BCUT2D eigenvalue weighted by Crippen LogP contribution is -2.25. The number of hydrogen-bond donors (Lipinski definition) is 2. The number of ether oxygens (including phenoxy) is 3. The third-order valence-electron chi connectivity index (χ3n) is 3.40. The van der Waals surface area contributed by atoms with E-state index in [-0.39, 0.29) is 19.2 Å². The zero-order chi connectivity index (χ0) is 17.6. The number of halogens is 1. The SMILES string of the molecule is COc1ccc(/C=N/NC(=O)CNc2ccc3c(c2)OCO3)cc1Br. The summed E-state index contributed by atoms with van der Waals surface area (Å²) in [7, 11) is 1.60. The number of hydrogen-bond acceptors (Lipinski definition) is 6. The van der Waals surface area contributed by atoms with Gasteiger partial charge in [0.15, 0.2) is 11.5 Å². The first kappa shape index (κ1) is 17.1. The Labute approximate surface area is 153 Å². The maximum Gasteiger partial charge on any atom is 0.259 e. The number of nitrogens with one attached hydrogen (secondary N) is 2. The monoisotopic (exact) mass is 405 g/mol. The second kappa shape index (κ2) is 7.89. The van der Waals surface area contributed by atoms with Gasteiger partial charge in [-0.2, -0.15) is 5.10 Å². The Morgan fingerprint density at radius 3 is 2.92 bits per heavy atom. The van der Waals surface area contributed by atoms with Crippen LogP contribution in [-0.4, -0.2) is 32.6 Å². The van der Waals surface area contributed by atoms with Crippen LogP contribution in [0.5, 0.6) is 17.2 Å². The normalized spacial score (nSPS) is 12.2. The van der Waals surface area contributed by atoms with Gasteiger partial charge in [0, 0.05) is 11.8 Å². The molecule has 0 aliphatic carbocycles. The van der Waals surface area contributed by atoms with Crippen molar-refractivity contribution in [2.45, 2.75) is 0 Å².